The molecule has 170 valence electrons. The number of aryl methyl sites for hydroxylation is 1. The minimum absolute atomic E-state index is 0.0633. The predicted octanol–water partition coefficient (Wildman–Crippen LogP) is 5.09. The molecule has 5 nitrogen and oxygen atoms in total. The summed E-state index contributed by atoms with van der Waals surface area (Å²) in [5.74, 6) is -0.593. The zero-order valence-corrected chi connectivity index (χ0v) is 20.2. The smallest absolute Gasteiger partial charge is 0.256 e. The van der Waals surface area contributed by atoms with Gasteiger partial charge in [0.25, 0.3) is 5.91 Å². The lowest BCUT2D eigenvalue weighted by Gasteiger charge is -2.30. The average Bonchev–Trinajstić information content (AvgIpc) is 3.18. The van der Waals surface area contributed by atoms with Crippen molar-refractivity contribution in [1.82, 2.24) is 14.8 Å². The molecule has 0 saturated heterocycles. The van der Waals surface area contributed by atoms with E-state index in [0.717, 1.165) is 27.6 Å². The number of hydrogen-bond acceptors (Lipinski definition) is 2. The first-order chi connectivity index (χ1) is 15.3. The monoisotopic (exact) mass is 473 g/mol. The van der Waals surface area contributed by atoms with Crippen LogP contribution in [0.15, 0.2) is 54.7 Å². The normalized spacial score (nSPS) is 11.3. The van der Waals surface area contributed by atoms with E-state index in [9.17, 15) is 9.59 Å². The van der Waals surface area contributed by atoms with Gasteiger partial charge >= 0.3 is 0 Å². The Kier molecular flexibility index (Phi) is 8.21. The highest BCUT2D eigenvalue weighted by Crippen LogP contribution is 2.19. The Labute approximate surface area is 199 Å². The number of fused-ring (bicyclic) bond motifs is 1. The molecular weight excluding hydrogens is 445 g/mol. The van der Waals surface area contributed by atoms with Crippen LogP contribution in [0, 0.1) is 6.92 Å². The first-order valence-corrected chi connectivity index (χ1v) is 11.6. The molecule has 0 aliphatic carbocycles. The SMILES string of the molecule is Cc1ccc(CN(CCc2c[nH]c3ccccc23)C(=O)CN(C(=O)C(Cl)Cl)C(C)C)cc1. The Morgan fingerprint density at radius 2 is 1.72 bits per heavy atom. The van der Waals surface area contributed by atoms with Gasteiger partial charge in [0.15, 0.2) is 4.84 Å². The number of nitrogens with one attached hydrogen (secondary N) is 1. The van der Waals surface area contributed by atoms with Gasteiger partial charge in [-0.05, 0) is 44.4 Å². The molecule has 1 N–H and O–H groups in total. The number of benzene rings is 2. The highest BCUT2D eigenvalue weighted by Gasteiger charge is 2.27. The molecule has 1 aromatic heterocycles. The van der Waals surface area contributed by atoms with Gasteiger partial charge in [0.1, 0.15) is 6.54 Å². The summed E-state index contributed by atoms with van der Waals surface area (Å²) in [7, 11) is 0. The van der Waals surface area contributed by atoms with Crippen LogP contribution in [0.2, 0.25) is 0 Å². The Morgan fingerprint density at radius 3 is 2.38 bits per heavy atom. The van der Waals surface area contributed by atoms with Crippen molar-refractivity contribution in [3.63, 3.8) is 0 Å². The van der Waals surface area contributed by atoms with E-state index in [4.69, 9.17) is 23.2 Å². The van der Waals surface area contributed by atoms with Crippen molar-refractivity contribution < 1.29 is 9.59 Å². The summed E-state index contributed by atoms with van der Waals surface area (Å²) in [6.45, 7) is 6.65. The van der Waals surface area contributed by atoms with Crippen molar-refractivity contribution >= 4 is 45.9 Å². The fourth-order valence-electron chi connectivity index (χ4n) is 3.69. The number of carbonyl (C=O) groups excluding carboxylic acids is 2. The molecule has 0 fully saturated rings. The van der Waals surface area contributed by atoms with Crippen LogP contribution in [-0.4, -0.2) is 50.6 Å². The van der Waals surface area contributed by atoms with E-state index in [0.29, 0.717) is 19.5 Å². The van der Waals surface area contributed by atoms with E-state index in [2.05, 4.69) is 11.1 Å². The lowest BCUT2D eigenvalue weighted by molar-refractivity contribution is -0.141. The minimum atomic E-state index is -1.19. The summed E-state index contributed by atoms with van der Waals surface area (Å²) in [5.41, 5.74) is 4.43. The Hall–Kier alpha value is -2.50. The molecule has 32 heavy (non-hydrogen) atoms. The van der Waals surface area contributed by atoms with Gasteiger partial charge in [-0.1, -0.05) is 71.2 Å². The van der Waals surface area contributed by atoms with Crippen LogP contribution in [0.1, 0.15) is 30.5 Å². The van der Waals surface area contributed by atoms with Gasteiger partial charge in [0.2, 0.25) is 5.91 Å². The van der Waals surface area contributed by atoms with E-state index >= 15 is 0 Å². The predicted molar refractivity (Wildman–Crippen MR) is 131 cm³/mol. The summed E-state index contributed by atoms with van der Waals surface area (Å²) in [6.07, 6.45) is 2.69. The topological polar surface area (TPSA) is 56.4 Å². The summed E-state index contributed by atoms with van der Waals surface area (Å²) >= 11 is 11.6. The average molecular weight is 474 g/mol. The van der Waals surface area contributed by atoms with Gasteiger partial charge in [0, 0.05) is 36.2 Å². The van der Waals surface area contributed by atoms with Gasteiger partial charge in [0.05, 0.1) is 0 Å². The first-order valence-electron chi connectivity index (χ1n) is 10.7. The molecule has 0 aliphatic rings. The number of carbonyl (C=O) groups is 2. The molecule has 3 aromatic rings. The molecule has 0 unspecified atom stereocenters. The Morgan fingerprint density at radius 1 is 1.03 bits per heavy atom. The third-order valence-electron chi connectivity index (χ3n) is 5.57. The van der Waals surface area contributed by atoms with Crippen molar-refractivity contribution in [2.75, 3.05) is 13.1 Å². The van der Waals surface area contributed by atoms with Crippen molar-refractivity contribution in [1.29, 1.82) is 0 Å². The van der Waals surface area contributed by atoms with Gasteiger partial charge in [-0.25, -0.2) is 0 Å². The molecule has 3 rings (SSSR count). The highest BCUT2D eigenvalue weighted by molar-refractivity contribution is 6.53. The number of aromatic amines is 1. The maximum absolute atomic E-state index is 13.3. The summed E-state index contributed by atoms with van der Waals surface area (Å²) in [6, 6.07) is 16.1. The van der Waals surface area contributed by atoms with Gasteiger partial charge in [-0.2, -0.15) is 0 Å². The molecule has 2 amide bonds. The number of para-hydroxylation sites is 1. The molecule has 0 spiro atoms. The molecule has 0 saturated carbocycles. The third-order valence-corrected chi connectivity index (χ3v) is 5.94. The Balaban J connectivity index is 1.79. The van der Waals surface area contributed by atoms with Crippen molar-refractivity contribution in [3.8, 4) is 0 Å². The first kappa shape index (κ1) is 24.1. The van der Waals surface area contributed by atoms with Crippen LogP contribution in [0.3, 0.4) is 0 Å². The van der Waals surface area contributed by atoms with Crippen LogP contribution < -0.4 is 0 Å². The lowest BCUT2D eigenvalue weighted by Crippen LogP contribution is -2.47. The van der Waals surface area contributed by atoms with E-state index < -0.39 is 10.7 Å². The number of amides is 2. The molecule has 0 atom stereocenters. The zero-order valence-electron chi connectivity index (χ0n) is 18.6. The standard InChI is InChI=1S/C25H29Cl2N3O2/c1-17(2)30(25(32)24(26)27)16-23(31)29(15-19-10-8-18(3)9-11-19)13-12-20-14-28-22-7-5-4-6-21(20)22/h4-11,14,17,24,28H,12-13,15-16H2,1-3H3. The number of nitrogens with zero attached hydrogens (tertiary/aromatic N) is 2. The second kappa shape index (κ2) is 10.9. The number of H-pyrrole nitrogens is 1. The minimum Gasteiger partial charge on any atom is -0.361 e. The third kappa shape index (κ3) is 6.05. The van der Waals surface area contributed by atoms with Crippen LogP contribution in [0.4, 0.5) is 0 Å². The maximum Gasteiger partial charge on any atom is 0.256 e. The van der Waals surface area contributed by atoms with E-state index in [-0.39, 0.29) is 18.5 Å². The molecule has 0 bridgehead atoms. The molecule has 0 radical (unpaired) electrons. The fourth-order valence-corrected chi connectivity index (χ4v) is 3.94. The number of aromatic nitrogens is 1. The largest absolute Gasteiger partial charge is 0.361 e. The lowest BCUT2D eigenvalue weighted by atomic mass is 10.1. The Bertz CT molecular complexity index is 1060. The number of alkyl halides is 2. The quantitative estimate of drug-likeness (QED) is 0.440. The maximum atomic E-state index is 13.3. The van der Waals surface area contributed by atoms with Crippen LogP contribution in [-0.2, 0) is 22.6 Å². The molecule has 1 heterocycles. The van der Waals surface area contributed by atoms with Crippen molar-refractivity contribution in [2.45, 2.75) is 44.6 Å². The van der Waals surface area contributed by atoms with Gasteiger partial charge in [-0.15, -0.1) is 0 Å². The van der Waals surface area contributed by atoms with Crippen molar-refractivity contribution in [3.05, 3.63) is 71.4 Å². The second-order valence-corrected chi connectivity index (χ2v) is 9.37. The van der Waals surface area contributed by atoms with E-state index in [1.54, 1.807) is 4.90 Å². The molecule has 2 aromatic carbocycles. The van der Waals surface area contributed by atoms with Gasteiger partial charge < -0.3 is 14.8 Å². The fraction of sp³-hybridized carbons (Fsp3) is 0.360. The summed E-state index contributed by atoms with van der Waals surface area (Å²) in [5, 5.41) is 1.15. The van der Waals surface area contributed by atoms with Crippen LogP contribution in [0.5, 0.6) is 0 Å². The zero-order chi connectivity index (χ0) is 23.3. The molecule has 7 heteroatoms. The molecule has 0 aliphatic heterocycles. The van der Waals surface area contributed by atoms with E-state index in [1.807, 2.05) is 69.4 Å². The van der Waals surface area contributed by atoms with Gasteiger partial charge in [-0.3, -0.25) is 9.59 Å². The number of hydrogen-bond donors (Lipinski definition) is 1. The number of rotatable bonds is 9. The number of halogens is 2. The molecular formula is C25H29Cl2N3O2. The second-order valence-electron chi connectivity index (χ2n) is 8.27. The summed E-state index contributed by atoms with van der Waals surface area (Å²) in [4.78, 5) is 31.1. The van der Waals surface area contributed by atoms with Crippen LogP contribution in [0.25, 0.3) is 10.9 Å². The van der Waals surface area contributed by atoms with Crippen LogP contribution >= 0.6 is 23.2 Å². The van der Waals surface area contributed by atoms with Crippen molar-refractivity contribution in [2.24, 2.45) is 0 Å². The highest BCUT2D eigenvalue weighted by atomic mass is 35.5. The summed E-state index contributed by atoms with van der Waals surface area (Å²) < 4.78 is 0. The van der Waals surface area contributed by atoms with E-state index in [1.165, 1.54) is 4.90 Å².